The Hall–Kier alpha value is -7.59. The van der Waals surface area contributed by atoms with E-state index >= 15 is 0 Å². The molecule has 0 saturated carbocycles. The Balaban J connectivity index is 0.00000688. The van der Waals surface area contributed by atoms with Crippen LogP contribution in [0.25, 0.3) is 61.3 Å². The second-order valence-corrected chi connectivity index (χ2v) is 23.4. The van der Waals surface area contributed by atoms with Crippen molar-refractivity contribution in [3.8, 4) is 50.9 Å². The fraction of sp³-hybridized carbons (Fsp3) is 0.222. The van der Waals surface area contributed by atoms with Gasteiger partial charge in [-0.05, 0) is 109 Å². The van der Waals surface area contributed by atoms with Crippen molar-refractivity contribution >= 4 is 21.8 Å². The molecule has 78 heavy (non-hydrogen) atoms. The average Bonchev–Trinajstić information content (AvgIpc) is 4.24. The molecule has 0 N–H and O–H groups in total. The molecule has 3 heterocycles. The Morgan fingerprint density at radius 2 is 1.13 bits per heavy atom. The molecule has 6 heteroatoms. The van der Waals surface area contributed by atoms with Crippen molar-refractivity contribution < 1.29 is 30.4 Å². The van der Waals surface area contributed by atoms with Crippen LogP contribution in [0.4, 0.5) is 0 Å². The van der Waals surface area contributed by atoms with Crippen molar-refractivity contribution in [3.05, 3.63) is 258 Å². The number of fused-ring (bicyclic) bond motifs is 3. The van der Waals surface area contributed by atoms with Crippen LogP contribution >= 0.6 is 0 Å². The van der Waals surface area contributed by atoms with Gasteiger partial charge in [-0.1, -0.05) is 215 Å². The Kier molecular flexibility index (Phi) is 14.7. The number of imidazole rings is 1. The molecule has 8 aromatic carbocycles. The van der Waals surface area contributed by atoms with Crippen molar-refractivity contribution in [2.45, 2.75) is 104 Å². The molecule has 0 fully saturated rings. The molecule has 0 aliphatic heterocycles. The summed E-state index contributed by atoms with van der Waals surface area (Å²) in [5, 5.41) is 2.19. The van der Waals surface area contributed by atoms with E-state index in [2.05, 4.69) is 297 Å². The molecule has 3 aromatic heterocycles. The third-order valence-electron chi connectivity index (χ3n) is 15.7. The second kappa shape index (κ2) is 21.3. The summed E-state index contributed by atoms with van der Waals surface area (Å²) in [5.74, 6) is 2.55. The van der Waals surface area contributed by atoms with Gasteiger partial charge in [0.1, 0.15) is 5.82 Å². The van der Waals surface area contributed by atoms with E-state index in [1.54, 1.807) is 0 Å². The van der Waals surface area contributed by atoms with E-state index in [-0.39, 0.29) is 49.1 Å². The summed E-state index contributed by atoms with van der Waals surface area (Å²) in [6.07, 6.45) is 8.04. The number of benzene rings is 8. The first-order valence-electron chi connectivity index (χ1n) is 27.2. The van der Waals surface area contributed by atoms with Gasteiger partial charge < -0.3 is 13.9 Å². The van der Waals surface area contributed by atoms with Crippen LogP contribution in [0, 0.1) is 18.5 Å². The summed E-state index contributed by atoms with van der Waals surface area (Å²) in [7, 11) is 0. The molecule has 11 rings (SSSR count). The zero-order valence-electron chi connectivity index (χ0n) is 46.7. The molecule has 5 nitrogen and oxygen atoms in total. The maximum atomic E-state index is 7.10. The van der Waals surface area contributed by atoms with Gasteiger partial charge in [-0.25, -0.2) is 4.98 Å². The molecule has 0 bridgehead atoms. The van der Waals surface area contributed by atoms with E-state index in [0.717, 1.165) is 61.4 Å². The van der Waals surface area contributed by atoms with E-state index in [4.69, 9.17) is 9.72 Å². The number of hydrogen-bond acceptors (Lipinski definition) is 2. The summed E-state index contributed by atoms with van der Waals surface area (Å²) in [5.41, 5.74) is 16.2. The predicted octanol–water partition coefficient (Wildman–Crippen LogP) is 18.0. The first-order chi connectivity index (χ1) is 36.9. The number of hydrogen-bond donors (Lipinski definition) is 0. The Bertz CT molecular complexity index is 3910. The van der Waals surface area contributed by atoms with E-state index in [9.17, 15) is 0 Å². The Morgan fingerprint density at radius 1 is 0.513 bits per heavy atom. The van der Waals surface area contributed by atoms with Gasteiger partial charge in [0, 0.05) is 61.3 Å². The van der Waals surface area contributed by atoms with E-state index in [0.29, 0.717) is 11.5 Å². The summed E-state index contributed by atoms with van der Waals surface area (Å²) in [6, 6.07) is 75.0. The first kappa shape index (κ1) is 53.8. The van der Waals surface area contributed by atoms with Crippen LogP contribution < -0.4 is 9.30 Å². The number of ether oxygens (including phenoxy) is 1. The standard InChI is InChI=1S/C72H68N4O.Pt/c1-48(2)61-31-23-32-62(49(3)4)69(61)52-40-57(74-46-67(70(5,6)7)75(47-74)58-39-51(50-24-15-12-16-25-50)38-56(42-58)72(10,11)54-28-19-14-20-29-54)44-60(41-52)77-59-34-35-64-63-30-21-22-33-65(63)76(66(64)45-59)68-43-55(36-37-73-68)71(8,9)53-26-17-13-18-27-53;/h12-43,46,48-49H,1-11H3;/q-2;. The van der Waals surface area contributed by atoms with Gasteiger partial charge in [-0.15, -0.1) is 35.2 Å². The monoisotopic (exact) mass is 1200 g/mol. The molecular formula is C72H68N4OPt-2. The SMILES string of the molecule is CC(C)c1cccc(C(C)C)c1-c1cc(Oc2[c-]c3c(cc2)c2ccccc2n3-c2cc(C(C)(C)c3ccccc3)ccn2)[c-]c(-n2[c-][n+](-c3cc(-c4ccccc4)cc(C(C)(C)c4ccccc4)c3)c(C(C)(C)C)c2)c1.[Pt]. The van der Waals surface area contributed by atoms with Crippen LogP contribution in [0.3, 0.4) is 0 Å². The zero-order chi connectivity index (χ0) is 53.8. The molecule has 0 radical (unpaired) electrons. The van der Waals surface area contributed by atoms with Gasteiger partial charge in [0.15, 0.2) is 0 Å². The molecule has 0 aliphatic carbocycles. The Labute approximate surface area is 476 Å². The van der Waals surface area contributed by atoms with Crippen LogP contribution in [0.15, 0.2) is 200 Å². The van der Waals surface area contributed by atoms with Crippen molar-refractivity contribution in [1.82, 2.24) is 14.1 Å². The van der Waals surface area contributed by atoms with Crippen molar-refractivity contribution in [1.29, 1.82) is 0 Å². The van der Waals surface area contributed by atoms with E-state index in [1.165, 1.54) is 38.9 Å². The smallest absolute Gasteiger partial charge is 0.267 e. The predicted molar refractivity (Wildman–Crippen MR) is 317 cm³/mol. The summed E-state index contributed by atoms with van der Waals surface area (Å²) in [6.45, 7) is 25.1. The van der Waals surface area contributed by atoms with Crippen LogP contribution in [-0.2, 0) is 37.3 Å². The quantitative estimate of drug-likeness (QED) is 0.0852. The summed E-state index contributed by atoms with van der Waals surface area (Å²) < 4.78 is 13.7. The molecule has 0 atom stereocenters. The van der Waals surface area contributed by atoms with E-state index < -0.39 is 0 Å². The third kappa shape index (κ3) is 10.2. The van der Waals surface area contributed by atoms with E-state index in [1.807, 2.05) is 12.3 Å². The normalized spacial score (nSPS) is 12.2. The van der Waals surface area contributed by atoms with Crippen molar-refractivity contribution in [2.75, 3.05) is 0 Å². The number of rotatable bonds is 13. The first-order valence-corrected chi connectivity index (χ1v) is 27.2. The fourth-order valence-electron chi connectivity index (χ4n) is 11.1. The molecule has 0 unspecified atom stereocenters. The second-order valence-electron chi connectivity index (χ2n) is 23.4. The van der Waals surface area contributed by atoms with Gasteiger partial charge in [0.05, 0.1) is 11.4 Å². The van der Waals surface area contributed by atoms with Gasteiger partial charge in [-0.2, -0.15) is 12.1 Å². The zero-order valence-corrected chi connectivity index (χ0v) is 49.0. The van der Waals surface area contributed by atoms with Crippen LogP contribution in [0.1, 0.15) is 127 Å². The van der Waals surface area contributed by atoms with Gasteiger partial charge in [-0.3, -0.25) is 4.57 Å². The number of aromatic nitrogens is 4. The van der Waals surface area contributed by atoms with Gasteiger partial charge in [0.2, 0.25) is 0 Å². The molecule has 11 aromatic rings. The third-order valence-corrected chi connectivity index (χ3v) is 15.7. The van der Waals surface area contributed by atoms with Crippen LogP contribution in [-0.4, -0.2) is 14.1 Å². The van der Waals surface area contributed by atoms with Crippen LogP contribution in [0.5, 0.6) is 11.5 Å². The minimum atomic E-state index is -0.285. The summed E-state index contributed by atoms with van der Waals surface area (Å²) in [4.78, 5) is 5.02. The van der Waals surface area contributed by atoms with Crippen molar-refractivity contribution in [2.24, 2.45) is 0 Å². The minimum absolute atomic E-state index is 0. The van der Waals surface area contributed by atoms with Crippen molar-refractivity contribution in [3.63, 3.8) is 0 Å². The average molecular weight is 1200 g/mol. The minimum Gasteiger partial charge on any atom is -0.510 e. The molecular weight excluding hydrogens is 1130 g/mol. The number of para-hydroxylation sites is 1. The molecule has 0 spiro atoms. The number of nitrogens with zero attached hydrogens (tertiary/aromatic N) is 4. The van der Waals surface area contributed by atoms with Gasteiger partial charge in [0.25, 0.3) is 6.33 Å². The Morgan fingerprint density at radius 3 is 1.77 bits per heavy atom. The molecule has 0 aliphatic rings. The molecule has 394 valence electrons. The number of pyridine rings is 1. The summed E-state index contributed by atoms with van der Waals surface area (Å²) >= 11 is 0. The molecule has 0 saturated heterocycles. The topological polar surface area (TPSA) is 35.9 Å². The molecule has 0 amide bonds. The van der Waals surface area contributed by atoms with Crippen LogP contribution in [0.2, 0.25) is 0 Å². The maximum Gasteiger partial charge on any atom is 0.267 e. The fourth-order valence-corrected chi connectivity index (χ4v) is 11.1. The maximum absolute atomic E-state index is 7.10. The largest absolute Gasteiger partial charge is 0.510 e. The van der Waals surface area contributed by atoms with Gasteiger partial charge >= 0.3 is 0 Å².